The van der Waals surface area contributed by atoms with Gasteiger partial charge in [-0.3, -0.25) is 4.79 Å². The Hall–Kier alpha value is -2.01. The first-order chi connectivity index (χ1) is 11.9. The average Bonchev–Trinajstić information content (AvgIpc) is 3.25. The van der Waals surface area contributed by atoms with E-state index in [2.05, 4.69) is 0 Å². The van der Waals surface area contributed by atoms with Crippen molar-refractivity contribution in [3.63, 3.8) is 0 Å². The number of phenolic OH excluding ortho intramolecular Hbond substituents is 2. The maximum absolute atomic E-state index is 12.5. The number of phenols is 2. The van der Waals surface area contributed by atoms with Crippen LogP contribution >= 0.6 is 11.6 Å². The van der Waals surface area contributed by atoms with Gasteiger partial charge in [-0.1, -0.05) is 17.7 Å². The largest absolute Gasteiger partial charge is 0.507 e. The Balaban J connectivity index is 1.98. The first kappa shape index (κ1) is 17.8. The summed E-state index contributed by atoms with van der Waals surface area (Å²) >= 11 is 6.09. The number of hydrogen-bond acceptors (Lipinski definition) is 5. The number of allylic oxidation sites excluding steroid dienone is 2. The van der Waals surface area contributed by atoms with E-state index >= 15 is 0 Å². The van der Waals surface area contributed by atoms with Gasteiger partial charge in [-0.05, 0) is 50.5 Å². The summed E-state index contributed by atoms with van der Waals surface area (Å²) in [5.74, 6) is -0.645. The molecular weight excluding hydrogens is 344 g/mol. The van der Waals surface area contributed by atoms with Crippen molar-refractivity contribution in [2.75, 3.05) is 0 Å². The van der Waals surface area contributed by atoms with E-state index in [0.29, 0.717) is 11.8 Å². The van der Waals surface area contributed by atoms with Gasteiger partial charge in [0.05, 0.1) is 11.1 Å². The van der Waals surface area contributed by atoms with Crippen molar-refractivity contribution >= 4 is 23.4 Å². The zero-order valence-corrected chi connectivity index (χ0v) is 14.8. The van der Waals surface area contributed by atoms with Crippen LogP contribution in [-0.2, 0) is 16.0 Å². The number of cyclic esters (lactones) is 1. The van der Waals surface area contributed by atoms with Gasteiger partial charge in [-0.15, -0.1) is 0 Å². The molecule has 0 aromatic heterocycles. The molecule has 1 aliphatic heterocycles. The fraction of sp³-hybridized carbons (Fsp3) is 0.474. The number of halogens is 1. The SMILES string of the molecule is C[C@@H]1C[C@@H]2C[C@H]2CC/C=C/C(=O)Cc2c(Cl)c(O)cc(O)c2C(=O)O1. The molecule has 0 spiro atoms. The minimum atomic E-state index is -0.729. The number of esters is 1. The van der Waals surface area contributed by atoms with Crippen molar-refractivity contribution in [1.29, 1.82) is 0 Å². The molecule has 1 aromatic carbocycles. The molecule has 1 heterocycles. The van der Waals surface area contributed by atoms with Gasteiger partial charge in [0.25, 0.3) is 0 Å². The normalized spacial score (nSPS) is 28.3. The summed E-state index contributed by atoms with van der Waals surface area (Å²) < 4.78 is 5.46. The number of ether oxygens (including phenoxy) is 1. The molecular formula is C19H21ClO5. The van der Waals surface area contributed by atoms with Gasteiger partial charge < -0.3 is 14.9 Å². The molecule has 3 atom stereocenters. The predicted molar refractivity (Wildman–Crippen MR) is 93.0 cm³/mol. The first-order valence-corrected chi connectivity index (χ1v) is 8.88. The van der Waals surface area contributed by atoms with E-state index in [1.807, 2.05) is 13.0 Å². The summed E-state index contributed by atoms with van der Waals surface area (Å²) in [5, 5.41) is 19.8. The van der Waals surface area contributed by atoms with Crippen molar-refractivity contribution < 1.29 is 24.5 Å². The van der Waals surface area contributed by atoms with Crippen molar-refractivity contribution in [3.05, 3.63) is 34.4 Å². The second-order valence-electron chi connectivity index (χ2n) is 6.91. The molecule has 2 N–H and O–H groups in total. The minimum Gasteiger partial charge on any atom is -0.507 e. The number of benzene rings is 1. The zero-order chi connectivity index (χ0) is 18.1. The molecule has 6 heteroatoms. The molecule has 5 nitrogen and oxygen atoms in total. The Morgan fingerprint density at radius 1 is 1.16 bits per heavy atom. The Morgan fingerprint density at radius 3 is 2.68 bits per heavy atom. The molecule has 2 aliphatic rings. The van der Waals surface area contributed by atoms with Crippen LogP contribution in [0.3, 0.4) is 0 Å². The van der Waals surface area contributed by atoms with Crippen LogP contribution in [0.1, 0.15) is 48.5 Å². The summed E-state index contributed by atoms with van der Waals surface area (Å²) in [6.07, 6.45) is 6.56. The Labute approximate surface area is 151 Å². The van der Waals surface area contributed by atoms with Crippen LogP contribution < -0.4 is 0 Å². The van der Waals surface area contributed by atoms with E-state index in [1.165, 1.54) is 6.08 Å². The molecule has 0 saturated heterocycles. The number of fused-ring (bicyclic) bond motifs is 2. The molecule has 0 radical (unpaired) electrons. The fourth-order valence-corrected chi connectivity index (χ4v) is 3.72. The number of rotatable bonds is 0. The third-order valence-electron chi connectivity index (χ3n) is 4.90. The third kappa shape index (κ3) is 3.98. The van der Waals surface area contributed by atoms with Crippen molar-refractivity contribution in [1.82, 2.24) is 0 Å². The molecule has 1 aromatic rings. The molecule has 1 aliphatic carbocycles. The van der Waals surface area contributed by atoms with Gasteiger partial charge in [0.2, 0.25) is 0 Å². The van der Waals surface area contributed by atoms with Gasteiger partial charge >= 0.3 is 5.97 Å². The number of carbonyl (C=O) groups excluding carboxylic acids is 2. The summed E-state index contributed by atoms with van der Waals surface area (Å²) in [5.41, 5.74) is -0.0619. The van der Waals surface area contributed by atoms with Crippen molar-refractivity contribution in [2.24, 2.45) is 11.8 Å². The number of hydrogen-bond donors (Lipinski definition) is 2. The quantitative estimate of drug-likeness (QED) is 0.684. The van der Waals surface area contributed by atoms with E-state index in [1.54, 1.807) is 0 Å². The van der Waals surface area contributed by atoms with Crippen LogP contribution in [0.4, 0.5) is 0 Å². The number of carbonyl (C=O) groups is 2. The molecule has 134 valence electrons. The van der Waals surface area contributed by atoms with Crippen LogP contribution in [0.25, 0.3) is 0 Å². The predicted octanol–water partition coefficient (Wildman–Crippen LogP) is 3.78. The van der Waals surface area contributed by atoms with E-state index in [4.69, 9.17) is 16.3 Å². The summed E-state index contributed by atoms with van der Waals surface area (Å²) in [4.78, 5) is 24.7. The smallest absolute Gasteiger partial charge is 0.342 e. The highest BCUT2D eigenvalue weighted by molar-refractivity contribution is 6.33. The maximum atomic E-state index is 12.5. The van der Waals surface area contributed by atoms with Crippen molar-refractivity contribution in [2.45, 2.75) is 45.1 Å². The van der Waals surface area contributed by atoms with Crippen LogP contribution in [0.2, 0.25) is 5.02 Å². The van der Waals surface area contributed by atoms with E-state index in [-0.39, 0.29) is 40.2 Å². The standard InChI is InChI=1S/C19H21ClO5/c1-10-6-12-7-11(12)4-2-3-5-13(21)8-14-17(19(24)25-10)15(22)9-16(23)18(14)20/h3,5,9-12,22-23H,2,4,6-8H2,1H3/b5-3+/t10-,11-,12-/m1/s1. The molecule has 1 fully saturated rings. The van der Waals surface area contributed by atoms with Gasteiger partial charge in [0.15, 0.2) is 5.78 Å². The molecule has 25 heavy (non-hydrogen) atoms. The minimum absolute atomic E-state index is 0.0902. The topological polar surface area (TPSA) is 83.8 Å². The van der Waals surface area contributed by atoms with Gasteiger partial charge in [-0.2, -0.15) is 0 Å². The summed E-state index contributed by atoms with van der Waals surface area (Å²) in [6.45, 7) is 1.82. The summed E-state index contributed by atoms with van der Waals surface area (Å²) in [7, 11) is 0. The lowest BCUT2D eigenvalue weighted by molar-refractivity contribution is -0.114. The van der Waals surface area contributed by atoms with Crippen LogP contribution in [0.15, 0.2) is 18.2 Å². The van der Waals surface area contributed by atoms with Gasteiger partial charge in [0.1, 0.15) is 17.1 Å². The Bertz CT molecular complexity index is 740. The lowest BCUT2D eigenvalue weighted by atomic mass is 9.99. The van der Waals surface area contributed by atoms with Crippen LogP contribution in [0, 0.1) is 11.8 Å². The van der Waals surface area contributed by atoms with Crippen LogP contribution in [0.5, 0.6) is 11.5 Å². The number of ketones is 1. The maximum Gasteiger partial charge on any atom is 0.342 e. The van der Waals surface area contributed by atoms with Gasteiger partial charge in [-0.25, -0.2) is 4.79 Å². The lowest BCUT2D eigenvalue weighted by Crippen LogP contribution is -2.18. The number of aromatic hydroxyl groups is 2. The Morgan fingerprint density at radius 2 is 1.92 bits per heavy atom. The highest BCUT2D eigenvalue weighted by Gasteiger charge is 2.38. The highest BCUT2D eigenvalue weighted by Crippen LogP contribution is 2.46. The average molecular weight is 365 g/mol. The second-order valence-corrected chi connectivity index (χ2v) is 7.29. The molecule has 3 rings (SSSR count). The lowest BCUT2D eigenvalue weighted by Gasteiger charge is -2.17. The van der Waals surface area contributed by atoms with Crippen molar-refractivity contribution in [3.8, 4) is 11.5 Å². The monoisotopic (exact) mass is 364 g/mol. The molecule has 0 bridgehead atoms. The van der Waals surface area contributed by atoms with E-state index in [9.17, 15) is 19.8 Å². The Kier molecular flexibility index (Phi) is 5.04. The highest BCUT2D eigenvalue weighted by atomic mass is 35.5. The van der Waals surface area contributed by atoms with E-state index < -0.39 is 11.7 Å². The van der Waals surface area contributed by atoms with Crippen LogP contribution in [-0.4, -0.2) is 28.1 Å². The first-order valence-electron chi connectivity index (χ1n) is 8.50. The third-order valence-corrected chi connectivity index (χ3v) is 5.32. The summed E-state index contributed by atoms with van der Waals surface area (Å²) in [6, 6.07) is 0.994. The van der Waals surface area contributed by atoms with E-state index in [0.717, 1.165) is 31.7 Å². The molecule has 0 amide bonds. The van der Waals surface area contributed by atoms with Gasteiger partial charge in [0, 0.05) is 18.1 Å². The molecule has 1 saturated carbocycles. The zero-order valence-electron chi connectivity index (χ0n) is 14.0. The second kappa shape index (κ2) is 7.08. The fourth-order valence-electron chi connectivity index (χ4n) is 3.50. The molecule has 0 unspecified atom stereocenters.